The molecule has 0 aromatic heterocycles. The molecule has 0 spiro atoms. The molecule has 2 rings (SSSR count). The fraction of sp³-hybridized carbons (Fsp3) is 0.400. The summed E-state index contributed by atoms with van der Waals surface area (Å²) in [6.07, 6.45) is 0. The number of nitrogens with one attached hydrogen (secondary N) is 2. The number of anilines is 1. The first-order valence-corrected chi connectivity index (χ1v) is 6.87. The van der Waals surface area contributed by atoms with E-state index in [0.717, 1.165) is 16.4 Å². The van der Waals surface area contributed by atoms with Crippen molar-refractivity contribution >= 4 is 15.9 Å². The van der Waals surface area contributed by atoms with Crippen LogP contribution in [-0.4, -0.2) is 38.9 Å². The second-order valence-electron chi connectivity index (χ2n) is 3.85. The van der Waals surface area contributed by atoms with Gasteiger partial charge >= 0.3 is 10.2 Å². The summed E-state index contributed by atoms with van der Waals surface area (Å²) in [4.78, 5) is 0. The molecule has 5 nitrogen and oxygen atoms in total. The van der Waals surface area contributed by atoms with Gasteiger partial charge in [0.2, 0.25) is 0 Å². The summed E-state index contributed by atoms with van der Waals surface area (Å²) in [5, 5.41) is 2.99. The molecule has 1 aliphatic rings. The lowest BCUT2D eigenvalue weighted by molar-refractivity contribution is 0.362. The van der Waals surface area contributed by atoms with Crippen molar-refractivity contribution in [1.29, 1.82) is 0 Å². The molecule has 2 N–H and O–H groups in total. The van der Waals surface area contributed by atoms with Crippen molar-refractivity contribution in [1.82, 2.24) is 9.62 Å². The van der Waals surface area contributed by atoms with E-state index in [1.54, 1.807) is 0 Å². The van der Waals surface area contributed by atoms with E-state index in [1.165, 1.54) is 6.07 Å². The molecule has 100 valence electrons. The summed E-state index contributed by atoms with van der Waals surface area (Å²) in [7, 11) is -3.92. The van der Waals surface area contributed by atoms with Gasteiger partial charge in [0.25, 0.3) is 0 Å². The Kier molecular flexibility index (Phi) is 3.79. The highest BCUT2D eigenvalue weighted by molar-refractivity contribution is 7.90. The molecule has 0 amide bonds. The molecule has 0 atom stereocenters. The van der Waals surface area contributed by atoms with E-state index in [9.17, 15) is 17.2 Å². The van der Waals surface area contributed by atoms with Gasteiger partial charge in [-0.15, -0.1) is 0 Å². The van der Waals surface area contributed by atoms with Crippen molar-refractivity contribution in [3.8, 4) is 0 Å². The molecule has 1 aromatic carbocycles. The van der Waals surface area contributed by atoms with Gasteiger partial charge in [-0.1, -0.05) is 6.07 Å². The Morgan fingerprint density at radius 3 is 2.28 bits per heavy atom. The Labute approximate surface area is 104 Å². The standard InChI is InChI=1S/C10H13F2N3O2S/c11-8-2-1-3-9(12)10(8)14-18(16,17)15-6-4-13-5-7-15/h1-3,13-14H,4-7H2. The molecule has 1 heterocycles. The number of nitrogens with zero attached hydrogens (tertiary/aromatic N) is 1. The van der Waals surface area contributed by atoms with E-state index in [-0.39, 0.29) is 13.1 Å². The van der Waals surface area contributed by atoms with E-state index in [0.29, 0.717) is 13.1 Å². The summed E-state index contributed by atoms with van der Waals surface area (Å²) in [5.41, 5.74) is -0.643. The zero-order valence-electron chi connectivity index (χ0n) is 9.49. The van der Waals surface area contributed by atoms with Crippen molar-refractivity contribution in [2.75, 3.05) is 30.9 Å². The maximum atomic E-state index is 13.4. The third-order valence-electron chi connectivity index (χ3n) is 2.61. The Morgan fingerprint density at radius 2 is 1.72 bits per heavy atom. The van der Waals surface area contributed by atoms with Gasteiger partial charge in [0.15, 0.2) is 0 Å². The molecular weight excluding hydrogens is 264 g/mol. The van der Waals surface area contributed by atoms with E-state index in [4.69, 9.17) is 0 Å². The zero-order valence-corrected chi connectivity index (χ0v) is 10.3. The number of halogens is 2. The second-order valence-corrected chi connectivity index (χ2v) is 5.52. The van der Waals surface area contributed by atoms with Crippen LogP contribution >= 0.6 is 0 Å². The normalized spacial score (nSPS) is 17.7. The highest BCUT2D eigenvalue weighted by Gasteiger charge is 2.25. The van der Waals surface area contributed by atoms with E-state index < -0.39 is 27.5 Å². The Morgan fingerprint density at radius 1 is 1.17 bits per heavy atom. The molecule has 0 radical (unpaired) electrons. The summed E-state index contributed by atoms with van der Waals surface area (Å²) in [6, 6.07) is 3.17. The van der Waals surface area contributed by atoms with Gasteiger partial charge in [-0.2, -0.15) is 12.7 Å². The smallest absolute Gasteiger partial charge is 0.301 e. The van der Waals surface area contributed by atoms with Crippen molar-refractivity contribution in [3.05, 3.63) is 29.8 Å². The van der Waals surface area contributed by atoms with Crippen molar-refractivity contribution < 1.29 is 17.2 Å². The minimum Gasteiger partial charge on any atom is -0.314 e. The number of hydrogen-bond acceptors (Lipinski definition) is 3. The van der Waals surface area contributed by atoms with Crippen LogP contribution in [0.3, 0.4) is 0 Å². The molecule has 1 fully saturated rings. The molecule has 1 aliphatic heterocycles. The van der Waals surface area contributed by atoms with Gasteiger partial charge in [0, 0.05) is 26.2 Å². The Bertz CT molecular complexity index is 510. The third kappa shape index (κ3) is 2.77. The van der Waals surface area contributed by atoms with Gasteiger partial charge in [-0.3, -0.25) is 4.72 Å². The lowest BCUT2D eigenvalue weighted by Gasteiger charge is -2.26. The molecule has 1 saturated heterocycles. The maximum Gasteiger partial charge on any atom is 0.301 e. The first-order valence-electron chi connectivity index (χ1n) is 5.43. The molecule has 0 aliphatic carbocycles. The molecule has 1 aromatic rings. The van der Waals surface area contributed by atoms with Crippen LogP contribution in [0.2, 0.25) is 0 Å². The number of rotatable bonds is 3. The molecule has 8 heteroatoms. The third-order valence-corrected chi connectivity index (χ3v) is 4.12. The Balaban J connectivity index is 2.22. The van der Waals surface area contributed by atoms with Gasteiger partial charge in [-0.25, -0.2) is 8.78 Å². The van der Waals surface area contributed by atoms with Gasteiger partial charge in [-0.05, 0) is 12.1 Å². The quantitative estimate of drug-likeness (QED) is 0.847. The van der Waals surface area contributed by atoms with Gasteiger partial charge in [0.1, 0.15) is 17.3 Å². The predicted octanol–water partition coefficient (Wildman–Crippen LogP) is 0.527. The fourth-order valence-corrected chi connectivity index (χ4v) is 2.92. The zero-order chi connectivity index (χ0) is 13.2. The lowest BCUT2D eigenvalue weighted by atomic mass is 10.3. The summed E-state index contributed by atoms with van der Waals surface area (Å²) in [5.74, 6) is -1.87. The van der Waals surface area contributed by atoms with Crippen LogP contribution in [0.5, 0.6) is 0 Å². The molecule has 18 heavy (non-hydrogen) atoms. The summed E-state index contributed by atoms with van der Waals surface area (Å²) < 4.78 is 53.6. The molecule has 0 unspecified atom stereocenters. The highest BCUT2D eigenvalue weighted by Crippen LogP contribution is 2.20. The summed E-state index contributed by atoms with van der Waals surface area (Å²) in [6.45, 7) is 1.57. The lowest BCUT2D eigenvalue weighted by Crippen LogP contribution is -2.48. The number of para-hydroxylation sites is 1. The average molecular weight is 277 g/mol. The van der Waals surface area contributed by atoms with Crippen molar-refractivity contribution in [2.45, 2.75) is 0 Å². The van der Waals surface area contributed by atoms with Crippen LogP contribution in [0.4, 0.5) is 14.5 Å². The molecule has 0 bridgehead atoms. The van der Waals surface area contributed by atoms with Crippen LogP contribution in [0.25, 0.3) is 0 Å². The van der Waals surface area contributed by atoms with Crippen LogP contribution in [0.1, 0.15) is 0 Å². The van der Waals surface area contributed by atoms with Crippen molar-refractivity contribution in [2.24, 2.45) is 0 Å². The molecular formula is C10H13F2N3O2S. The highest BCUT2D eigenvalue weighted by atomic mass is 32.2. The summed E-state index contributed by atoms with van der Waals surface area (Å²) >= 11 is 0. The fourth-order valence-electron chi connectivity index (χ4n) is 1.67. The minimum absolute atomic E-state index is 0.269. The molecule has 0 saturated carbocycles. The SMILES string of the molecule is O=S(=O)(Nc1c(F)cccc1F)N1CCNCC1. The topological polar surface area (TPSA) is 61.4 Å². The Hall–Kier alpha value is -1.25. The van der Waals surface area contributed by atoms with Crippen LogP contribution in [0.15, 0.2) is 18.2 Å². The first kappa shape index (κ1) is 13.2. The minimum atomic E-state index is -3.92. The number of benzene rings is 1. The predicted molar refractivity (Wildman–Crippen MR) is 63.3 cm³/mol. The largest absolute Gasteiger partial charge is 0.314 e. The van der Waals surface area contributed by atoms with Crippen LogP contribution < -0.4 is 10.0 Å². The van der Waals surface area contributed by atoms with E-state index >= 15 is 0 Å². The number of piperazine rings is 1. The second kappa shape index (κ2) is 5.17. The number of hydrogen-bond donors (Lipinski definition) is 2. The van der Waals surface area contributed by atoms with Crippen molar-refractivity contribution in [3.63, 3.8) is 0 Å². The van der Waals surface area contributed by atoms with E-state index in [1.807, 2.05) is 4.72 Å². The van der Waals surface area contributed by atoms with E-state index in [2.05, 4.69) is 5.32 Å². The van der Waals surface area contributed by atoms with Crippen LogP contribution in [0, 0.1) is 11.6 Å². The average Bonchev–Trinajstić information content (AvgIpc) is 2.35. The van der Waals surface area contributed by atoms with Gasteiger partial charge < -0.3 is 5.32 Å². The maximum absolute atomic E-state index is 13.4. The monoisotopic (exact) mass is 277 g/mol. The van der Waals surface area contributed by atoms with Crippen LogP contribution in [-0.2, 0) is 10.2 Å². The first-order chi connectivity index (χ1) is 8.50. The van der Waals surface area contributed by atoms with Gasteiger partial charge in [0.05, 0.1) is 0 Å².